The van der Waals surface area contributed by atoms with Crippen molar-refractivity contribution in [3.8, 4) is 5.75 Å². The van der Waals surface area contributed by atoms with E-state index in [1.807, 2.05) is 6.07 Å². The maximum atomic E-state index is 10.3. The summed E-state index contributed by atoms with van der Waals surface area (Å²) in [5.41, 5.74) is 2.51. The first-order valence-electron chi connectivity index (χ1n) is 7.13. The van der Waals surface area contributed by atoms with Gasteiger partial charge in [0.25, 0.3) is 0 Å². The molecule has 1 aliphatic heterocycles. The highest BCUT2D eigenvalue weighted by molar-refractivity contribution is 6.03. The molecule has 1 aliphatic rings. The van der Waals surface area contributed by atoms with Crippen molar-refractivity contribution >= 4 is 21.9 Å². The summed E-state index contributed by atoms with van der Waals surface area (Å²) in [4.78, 5) is 0. The van der Waals surface area contributed by atoms with Gasteiger partial charge in [0.05, 0.1) is 17.9 Å². The van der Waals surface area contributed by atoms with Crippen LogP contribution >= 0.6 is 0 Å². The van der Waals surface area contributed by atoms with Crippen LogP contribution in [0.25, 0.3) is 21.9 Å². The molecule has 1 aromatic carbocycles. The number of fused-ring (bicyclic) bond motifs is 2. The summed E-state index contributed by atoms with van der Waals surface area (Å²) in [6.45, 7) is 2.16. The van der Waals surface area contributed by atoms with E-state index >= 15 is 0 Å². The van der Waals surface area contributed by atoms with Crippen molar-refractivity contribution in [2.75, 3.05) is 13.1 Å². The third-order valence-electron chi connectivity index (χ3n) is 4.29. The predicted octanol–water partition coefficient (Wildman–Crippen LogP) is 3.43. The minimum absolute atomic E-state index is 0.180. The minimum atomic E-state index is 0.180. The molecule has 4 heteroatoms. The fourth-order valence-electron chi connectivity index (χ4n) is 3.29. The first kappa shape index (κ1) is 11.9. The monoisotopic (exact) mass is 271 g/mol. The molecular weight excluding hydrogens is 254 g/mol. The van der Waals surface area contributed by atoms with Crippen LogP contribution in [0.1, 0.15) is 18.4 Å². The second-order valence-corrected chi connectivity index (χ2v) is 5.57. The quantitative estimate of drug-likeness (QED) is 0.749. The van der Waals surface area contributed by atoms with E-state index in [2.05, 4.69) is 5.32 Å². The molecule has 1 unspecified atom stereocenters. The summed E-state index contributed by atoms with van der Waals surface area (Å²) in [5.74, 6) is 0.791. The Hall–Kier alpha value is -1.94. The van der Waals surface area contributed by atoms with E-state index in [1.165, 1.54) is 12.8 Å². The standard InChI is InChI=1S/C16H17NO3/c18-14-12-4-7-19-15(12)13(11-3-6-20-16(11)14)8-10-2-1-5-17-9-10/h3-4,6-7,10,17-18H,1-2,5,8-9H2. The molecule has 20 heavy (non-hydrogen) atoms. The first-order valence-corrected chi connectivity index (χ1v) is 7.13. The molecule has 0 aliphatic carbocycles. The molecule has 1 atom stereocenters. The lowest BCUT2D eigenvalue weighted by Crippen LogP contribution is -2.30. The van der Waals surface area contributed by atoms with Crippen LogP contribution < -0.4 is 5.32 Å². The van der Waals surface area contributed by atoms with Gasteiger partial charge in [0.1, 0.15) is 5.58 Å². The fourth-order valence-corrected chi connectivity index (χ4v) is 3.29. The number of benzene rings is 1. The van der Waals surface area contributed by atoms with Gasteiger partial charge in [-0.05, 0) is 50.4 Å². The average molecular weight is 271 g/mol. The largest absolute Gasteiger partial charge is 0.504 e. The van der Waals surface area contributed by atoms with Crippen molar-refractivity contribution in [3.63, 3.8) is 0 Å². The molecule has 1 fully saturated rings. The summed E-state index contributed by atoms with van der Waals surface area (Å²) in [6, 6.07) is 3.72. The highest BCUT2D eigenvalue weighted by atomic mass is 16.4. The third-order valence-corrected chi connectivity index (χ3v) is 4.29. The van der Waals surface area contributed by atoms with Crippen molar-refractivity contribution in [3.05, 3.63) is 30.2 Å². The Morgan fingerprint density at radius 3 is 2.75 bits per heavy atom. The van der Waals surface area contributed by atoms with Gasteiger partial charge in [-0.25, -0.2) is 0 Å². The number of hydrogen-bond donors (Lipinski definition) is 2. The molecule has 3 heterocycles. The highest BCUT2D eigenvalue weighted by Gasteiger charge is 2.22. The zero-order valence-corrected chi connectivity index (χ0v) is 11.2. The van der Waals surface area contributed by atoms with Gasteiger partial charge in [0.2, 0.25) is 0 Å². The van der Waals surface area contributed by atoms with Crippen LogP contribution in [0.5, 0.6) is 5.75 Å². The van der Waals surface area contributed by atoms with Crippen LogP contribution in [0.4, 0.5) is 0 Å². The average Bonchev–Trinajstić information content (AvgIpc) is 3.14. The van der Waals surface area contributed by atoms with Crippen molar-refractivity contribution in [1.29, 1.82) is 0 Å². The summed E-state index contributed by atoms with van der Waals surface area (Å²) in [5, 5.41) is 15.4. The Balaban J connectivity index is 1.88. The fraction of sp³-hybridized carbons (Fsp3) is 0.375. The van der Waals surface area contributed by atoms with Crippen molar-refractivity contribution in [1.82, 2.24) is 5.32 Å². The molecule has 104 valence electrons. The molecule has 0 amide bonds. The molecule has 0 saturated carbocycles. The van der Waals surface area contributed by atoms with Gasteiger partial charge in [0, 0.05) is 10.9 Å². The molecule has 0 bridgehead atoms. The van der Waals surface area contributed by atoms with Crippen LogP contribution in [0.3, 0.4) is 0 Å². The molecule has 1 saturated heterocycles. The molecule has 2 N–H and O–H groups in total. The lowest BCUT2D eigenvalue weighted by Gasteiger charge is -2.23. The zero-order valence-electron chi connectivity index (χ0n) is 11.2. The van der Waals surface area contributed by atoms with Gasteiger partial charge < -0.3 is 19.3 Å². The van der Waals surface area contributed by atoms with Gasteiger partial charge in [0.15, 0.2) is 11.3 Å². The van der Waals surface area contributed by atoms with Gasteiger partial charge in [-0.1, -0.05) is 0 Å². The molecule has 4 nitrogen and oxygen atoms in total. The number of furan rings is 2. The second-order valence-electron chi connectivity index (χ2n) is 5.57. The number of aromatic hydroxyl groups is 1. The number of phenols is 1. The number of nitrogens with one attached hydrogen (secondary N) is 1. The van der Waals surface area contributed by atoms with Crippen LogP contribution in [-0.2, 0) is 6.42 Å². The van der Waals surface area contributed by atoms with Crippen LogP contribution in [0.2, 0.25) is 0 Å². The van der Waals surface area contributed by atoms with Gasteiger partial charge >= 0.3 is 0 Å². The smallest absolute Gasteiger partial charge is 0.176 e. The second kappa shape index (κ2) is 4.56. The Bertz CT molecular complexity index is 698. The third kappa shape index (κ3) is 1.72. The molecule has 2 aromatic heterocycles. The zero-order chi connectivity index (χ0) is 13.5. The molecular formula is C16H17NO3. The molecule has 4 rings (SSSR count). The van der Waals surface area contributed by atoms with Gasteiger partial charge in [-0.2, -0.15) is 0 Å². The minimum Gasteiger partial charge on any atom is -0.504 e. The van der Waals surface area contributed by atoms with Crippen LogP contribution in [-0.4, -0.2) is 18.2 Å². The highest BCUT2D eigenvalue weighted by Crippen LogP contribution is 2.39. The van der Waals surface area contributed by atoms with Crippen LogP contribution in [0.15, 0.2) is 33.5 Å². The normalized spacial score (nSPS) is 19.9. The maximum Gasteiger partial charge on any atom is 0.176 e. The topological polar surface area (TPSA) is 58.5 Å². The van der Waals surface area contributed by atoms with Crippen molar-refractivity contribution < 1.29 is 13.9 Å². The Morgan fingerprint density at radius 2 is 1.95 bits per heavy atom. The summed E-state index contributed by atoms with van der Waals surface area (Å²) >= 11 is 0. The molecule has 0 spiro atoms. The number of rotatable bonds is 2. The lowest BCUT2D eigenvalue weighted by atomic mass is 9.90. The van der Waals surface area contributed by atoms with E-state index in [0.717, 1.165) is 41.4 Å². The predicted molar refractivity (Wildman–Crippen MR) is 76.9 cm³/mol. The Kier molecular flexibility index (Phi) is 2.70. The summed E-state index contributed by atoms with van der Waals surface area (Å²) < 4.78 is 11.1. The molecule has 3 aromatic rings. The number of phenolic OH excluding ortho intramolecular Hbond substituents is 1. The maximum absolute atomic E-state index is 10.3. The van der Waals surface area contributed by atoms with E-state index < -0.39 is 0 Å². The summed E-state index contributed by atoms with van der Waals surface area (Å²) in [7, 11) is 0. The van der Waals surface area contributed by atoms with Gasteiger partial charge in [-0.3, -0.25) is 0 Å². The first-order chi connectivity index (χ1) is 9.84. The summed E-state index contributed by atoms with van der Waals surface area (Å²) in [6.07, 6.45) is 6.67. The molecule has 0 radical (unpaired) electrons. The van der Waals surface area contributed by atoms with E-state index in [1.54, 1.807) is 18.6 Å². The SMILES string of the molecule is Oc1c2ccoc2c(CC2CCCNC2)c2ccoc12. The van der Waals surface area contributed by atoms with Gasteiger partial charge in [-0.15, -0.1) is 0 Å². The van der Waals surface area contributed by atoms with E-state index in [0.29, 0.717) is 11.5 Å². The van der Waals surface area contributed by atoms with Crippen molar-refractivity contribution in [2.45, 2.75) is 19.3 Å². The van der Waals surface area contributed by atoms with E-state index in [4.69, 9.17) is 8.83 Å². The van der Waals surface area contributed by atoms with E-state index in [-0.39, 0.29) is 5.75 Å². The Morgan fingerprint density at radius 1 is 1.15 bits per heavy atom. The Labute approximate surface area is 116 Å². The number of hydrogen-bond acceptors (Lipinski definition) is 4. The lowest BCUT2D eigenvalue weighted by molar-refractivity contribution is 0.376. The van der Waals surface area contributed by atoms with Crippen molar-refractivity contribution in [2.24, 2.45) is 5.92 Å². The van der Waals surface area contributed by atoms with Crippen LogP contribution in [0, 0.1) is 5.92 Å². The number of piperidine rings is 1. The van der Waals surface area contributed by atoms with E-state index in [9.17, 15) is 5.11 Å².